The van der Waals surface area contributed by atoms with Gasteiger partial charge >= 0.3 is 5.97 Å². The predicted octanol–water partition coefficient (Wildman–Crippen LogP) is 10.1. The van der Waals surface area contributed by atoms with E-state index in [1.54, 1.807) is 4.68 Å². The summed E-state index contributed by atoms with van der Waals surface area (Å²) in [6, 6.07) is 14.0. The van der Waals surface area contributed by atoms with Gasteiger partial charge in [0.05, 0.1) is 12.3 Å². The third-order valence-corrected chi connectivity index (χ3v) is 10.1. The molecule has 3 aromatic rings. The molecule has 8 heteroatoms. The van der Waals surface area contributed by atoms with Gasteiger partial charge in [-0.2, -0.15) is 0 Å². The van der Waals surface area contributed by atoms with Crippen molar-refractivity contribution in [3.63, 3.8) is 0 Å². The number of allylic oxidation sites excluding steroid dienone is 1. The quantitative estimate of drug-likeness (QED) is 0.217. The number of hydrogen-bond donors (Lipinski definition) is 1. The van der Waals surface area contributed by atoms with Gasteiger partial charge in [-0.3, -0.25) is 0 Å². The van der Waals surface area contributed by atoms with Gasteiger partial charge in [0.1, 0.15) is 11.7 Å². The Morgan fingerprint density at radius 1 is 0.980 bits per heavy atom. The number of anilines is 1. The van der Waals surface area contributed by atoms with Crippen LogP contribution in [0, 0.1) is 42.1 Å². The van der Waals surface area contributed by atoms with E-state index in [0.29, 0.717) is 17.4 Å². The third kappa shape index (κ3) is 7.51. The minimum Gasteiger partial charge on any atom is -0.459 e. The van der Waals surface area contributed by atoms with E-state index in [1.165, 1.54) is 5.56 Å². The van der Waals surface area contributed by atoms with Crippen LogP contribution in [0.15, 0.2) is 53.2 Å². The van der Waals surface area contributed by atoms with Gasteiger partial charge in [-0.1, -0.05) is 101 Å². The lowest BCUT2D eigenvalue weighted by Crippen LogP contribution is -2.49. The van der Waals surface area contributed by atoms with Crippen LogP contribution in [0.25, 0.3) is 21.8 Å². The van der Waals surface area contributed by atoms with E-state index in [0.717, 1.165) is 29.7 Å². The van der Waals surface area contributed by atoms with Crippen LogP contribution in [-0.4, -0.2) is 39.7 Å². The second-order valence-corrected chi connectivity index (χ2v) is 16.9. The molecule has 0 bridgehead atoms. The van der Waals surface area contributed by atoms with Crippen molar-refractivity contribution in [2.24, 2.45) is 33.6 Å². The molecule has 262 valence electrons. The zero-order valence-corrected chi connectivity index (χ0v) is 30.8. The smallest absolute Gasteiger partial charge is 0.331 e. The monoisotopic (exact) mass is 664 g/mol. The Labute approximate surface area is 294 Å². The number of fused-ring (bicyclic) bond motifs is 1. The second-order valence-electron chi connectivity index (χ2n) is 16.9. The van der Waals surface area contributed by atoms with E-state index in [2.05, 4.69) is 91.5 Å². The van der Waals surface area contributed by atoms with Gasteiger partial charge in [0.2, 0.25) is 5.70 Å². The van der Waals surface area contributed by atoms with E-state index >= 15 is 0 Å². The molecule has 0 saturated heterocycles. The van der Waals surface area contributed by atoms with E-state index < -0.39 is 5.97 Å². The molecule has 1 aliphatic carbocycles. The lowest BCUT2D eigenvalue weighted by atomic mass is 9.59. The highest BCUT2D eigenvalue weighted by atomic mass is 16.5. The summed E-state index contributed by atoms with van der Waals surface area (Å²) in [4.78, 5) is 28.3. The maximum Gasteiger partial charge on any atom is 0.331 e. The third-order valence-electron chi connectivity index (χ3n) is 10.1. The zero-order chi connectivity index (χ0) is 35.3. The maximum atomic E-state index is 14.6. The van der Waals surface area contributed by atoms with Crippen LogP contribution >= 0.6 is 0 Å². The molecule has 0 amide bonds. The summed E-state index contributed by atoms with van der Waals surface area (Å²) < 4.78 is 8.18. The number of carbonyl (C=O) groups excluding carboxylic acids is 1. The topological polar surface area (TPSA) is 85.8 Å². The molecule has 2 aromatic carbocycles. The summed E-state index contributed by atoms with van der Waals surface area (Å²) in [6.07, 6.45) is 1.64. The molecule has 8 nitrogen and oxygen atoms in total. The van der Waals surface area contributed by atoms with E-state index in [-0.39, 0.29) is 64.5 Å². The van der Waals surface area contributed by atoms with Crippen LogP contribution in [0.3, 0.4) is 0 Å². The molecule has 49 heavy (non-hydrogen) atoms. The van der Waals surface area contributed by atoms with Gasteiger partial charge in [-0.05, 0) is 71.3 Å². The van der Waals surface area contributed by atoms with Gasteiger partial charge in [0.25, 0.3) is 0 Å². The minimum atomic E-state index is -0.542. The SMILES string of the molecule is C.[C-]#[N+]C1=C(C(=O)OC2C(C(C)(C)C)CC(C)CC2C(C)(C)C)c2nc(-c3ccc(C(C)(C)C)cc3)nn2C1=Nc1ccc(NC)cc1C. The first-order valence-corrected chi connectivity index (χ1v) is 17.1. The normalized spacial score (nSPS) is 22.0. The first-order chi connectivity index (χ1) is 22.3. The van der Waals surface area contributed by atoms with E-state index in [1.807, 2.05) is 44.3 Å². The number of carbonyl (C=O) groups is 1. The van der Waals surface area contributed by atoms with Crippen LogP contribution in [0.4, 0.5) is 11.4 Å². The summed E-state index contributed by atoms with van der Waals surface area (Å²) in [5.74, 6) is 1.31. The van der Waals surface area contributed by atoms with Crippen LogP contribution in [0.5, 0.6) is 0 Å². The van der Waals surface area contributed by atoms with Crippen molar-refractivity contribution < 1.29 is 9.53 Å². The molecule has 2 atom stereocenters. The highest BCUT2D eigenvalue weighted by molar-refractivity contribution is 6.29. The molecule has 1 saturated carbocycles. The van der Waals surface area contributed by atoms with Crippen molar-refractivity contribution in [1.82, 2.24) is 14.8 Å². The predicted molar refractivity (Wildman–Crippen MR) is 202 cm³/mol. The fraction of sp³-hybridized carbons (Fsp3) is 0.537. The van der Waals surface area contributed by atoms with Crippen LogP contribution in [0.2, 0.25) is 0 Å². The number of nitrogens with one attached hydrogen (secondary N) is 1. The van der Waals surface area contributed by atoms with Crippen molar-refractivity contribution >= 4 is 28.8 Å². The van der Waals surface area contributed by atoms with Crippen LogP contribution in [0.1, 0.15) is 106 Å². The van der Waals surface area contributed by atoms with Crippen LogP contribution < -0.4 is 5.32 Å². The summed E-state index contributed by atoms with van der Waals surface area (Å²) in [6.45, 7) is 32.5. The highest BCUT2D eigenvalue weighted by Gasteiger charge is 2.49. The summed E-state index contributed by atoms with van der Waals surface area (Å²) >= 11 is 0. The maximum absolute atomic E-state index is 14.6. The average Bonchev–Trinajstić information content (AvgIpc) is 3.54. The average molecular weight is 665 g/mol. The summed E-state index contributed by atoms with van der Waals surface area (Å²) in [7, 11) is 1.87. The Bertz CT molecular complexity index is 1780. The molecule has 2 aliphatic rings. The van der Waals surface area contributed by atoms with Gasteiger partial charge in [-0.25, -0.2) is 24.3 Å². The van der Waals surface area contributed by atoms with Crippen molar-refractivity contribution in [2.75, 3.05) is 12.4 Å². The first kappa shape index (κ1) is 37.6. The van der Waals surface area contributed by atoms with Gasteiger partial charge in [0.15, 0.2) is 17.5 Å². The Kier molecular flexibility index (Phi) is 10.4. The Morgan fingerprint density at radius 3 is 2.06 bits per heavy atom. The molecule has 1 N–H and O–H groups in total. The molecule has 2 unspecified atom stereocenters. The lowest BCUT2D eigenvalue weighted by Gasteiger charge is -2.50. The number of nitrogens with zero attached hydrogens (tertiary/aromatic N) is 5. The van der Waals surface area contributed by atoms with Crippen molar-refractivity contribution in [3.05, 3.63) is 76.5 Å². The van der Waals surface area contributed by atoms with Crippen LogP contribution in [-0.2, 0) is 14.9 Å². The zero-order valence-electron chi connectivity index (χ0n) is 30.8. The van der Waals surface area contributed by atoms with Crippen molar-refractivity contribution in [2.45, 2.75) is 108 Å². The summed E-state index contributed by atoms with van der Waals surface area (Å²) in [5, 5.41) is 8.01. The molecule has 0 spiro atoms. The fourth-order valence-electron chi connectivity index (χ4n) is 7.18. The van der Waals surface area contributed by atoms with E-state index in [4.69, 9.17) is 26.4 Å². The number of esters is 1. The van der Waals surface area contributed by atoms with Gasteiger partial charge in [-0.15, -0.1) is 5.10 Å². The Hall–Kier alpha value is -4.25. The first-order valence-electron chi connectivity index (χ1n) is 17.1. The number of aromatic nitrogens is 3. The molecule has 1 fully saturated rings. The fourth-order valence-corrected chi connectivity index (χ4v) is 7.18. The number of ether oxygens (including phenoxy) is 1. The number of aliphatic imine (C=N–C) groups is 1. The minimum absolute atomic E-state index is 0. The molecule has 1 aromatic heterocycles. The molecule has 0 radical (unpaired) electrons. The number of benzene rings is 2. The molecular weight excluding hydrogens is 608 g/mol. The second kappa shape index (κ2) is 13.6. The molecule has 2 heterocycles. The molecule has 5 rings (SSSR count). The lowest BCUT2D eigenvalue weighted by molar-refractivity contribution is -0.162. The standard InChI is InChI=1S/C40H52N6O2.CH4/c1-23-20-28(39(6,7)8)33(29(21-23)40(9,10)11)48-37(47)31-32(42-13)36(43-30-19-18-27(41-12)22-24(30)2)46-35(31)44-34(45-46)25-14-16-26(17-15-25)38(3,4)5;/h14-19,22-23,28-29,33,41H,20-21H2,1-12H3;1H4. The van der Waals surface area contributed by atoms with Gasteiger partial charge in [0, 0.05) is 30.1 Å². The van der Waals surface area contributed by atoms with Gasteiger partial charge < -0.3 is 10.1 Å². The molecule has 1 aliphatic heterocycles. The summed E-state index contributed by atoms with van der Waals surface area (Å²) in [5.41, 5.74) is 4.64. The Balaban J connectivity index is 0.00000541. The van der Waals surface area contributed by atoms with Crippen molar-refractivity contribution in [1.29, 1.82) is 0 Å². The number of hydrogen-bond acceptors (Lipinski definition) is 6. The van der Waals surface area contributed by atoms with E-state index in [9.17, 15) is 4.79 Å². The number of rotatable bonds is 5. The highest BCUT2D eigenvalue weighted by Crippen LogP contribution is 2.50. The van der Waals surface area contributed by atoms with Crippen molar-refractivity contribution in [3.8, 4) is 11.4 Å². The Morgan fingerprint density at radius 2 is 1.57 bits per heavy atom. The largest absolute Gasteiger partial charge is 0.459 e. The number of aryl methyl sites for hydroxylation is 1. The molecular formula is C41H56N6O2.